The van der Waals surface area contributed by atoms with Crippen molar-refractivity contribution in [2.75, 3.05) is 13.1 Å². The maximum atomic E-state index is 13.6. The van der Waals surface area contributed by atoms with Crippen molar-refractivity contribution in [3.63, 3.8) is 0 Å². The van der Waals surface area contributed by atoms with Crippen LogP contribution in [-0.4, -0.2) is 23.2 Å². The minimum atomic E-state index is -0.590. The highest BCUT2D eigenvalue weighted by molar-refractivity contribution is 5.21. The van der Waals surface area contributed by atoms with Crippen LogP contribution in [0.4, 0.5) is 8.78 Å². The molecule has 1 aromatic heterocycles. The highest BCUT2D eigenvalue weighted by Gasteiger charge is 2.21. The Kier molecular flexibility index (Phi) is 3.73. The maximum Gasteiger partial charge on any atom is 0.231 e. The van der Waals surface area contributed by atoms with Gasteiger partial charge in [-0.05, 0) is 31.0 Å². The van der Waals surface area contributed by atoms with Crippen LogP contribution in [0.15, 0.2) is 22.7 Å². The molecule has 0 amide bonds. The van der Waals surface area contributed by atoms with Crippen LogP contribution in [0.25, 0.3) is 0 Å². The monoisotopic (exact) mass is 279 g/mol. The van der Waals surface area contributed by atoms with Gasteiger partial charge < -0.3 is 9.84 Å². The molecular weight excluding hydrogens is 264 g/mol. The van der Waals surface area contributed by atoms with E-state index in [4.69, 9.17) is 4.52 Å². The van der Waals surface area contributed by atoms with Crippen molar-refractivity contribution < 1.29 is 13.3 Å². The lowest BCUT2D eigenvalue weighted by Crippen LogP contribution is -2.28. The molecule has 0 radical (unpaired) electrons. The number of hydrogen-bond donors (Lipinski definition) is 1. The highest BCUT2D eigenvalue weighted by atomic mass is 19.1. The molecule has 2 heterocycles. The number of nitrogens with zero attached hydrogens (tertiary/aromatic N) is 2. The van der Waals surface area contributed by atoms with Gasteiger partial charge in [0.2, 0.25) is 5.89 Å². The van der Waals surface area contributed by atoms with Gasteiger partial charge in [-0.25, -0.2) is 8.78 Å². The summed E-state index contributed by atoms with van der Waals surface area (Å²) in [4.78, 5) is 4.31. The number of rotatable bonds is 3. The zero-order valence-corrected chi connectivity index (χ0v) is 10.9. The zero-order valence-electron chi connectivity index (χ0n) is 10.9. The van der Waals surface area contributed by atoms with Gasteiger partial charge in [0.1, 0.15) is 11.6 Å². The molecular formula is C14H15F2N3O. The zero-order chi connectivity index (χ0) is 13.9. The molecule has 0 bridgehead atoms. The molecule has 1 saturated heterocycles. The van der Waals surface area contributed by atoms with E-state index in [0.717, 1.165) is 32.0 Å². The van der Waals surface area contributed by atoms with E-state index in [1.165, 1.54) is 12.1 Å². The van der Waals surface area contributed by atoms with Crippen LogP contribution in [0.5, 0.6) is 0 Å². The normalized spacial score (nSPS) is 19.2. The molecule has 6 heteroatoms. The van der Waals surface area contributed by atoms with Crippen LogP contribution in [0.2, 0.25) is 0 Å². The van der Waals surface area contributed by atoms with Crippen LogP contribution in [0.3, 0.4) is 0 Å². The number of piperidine rings is 1. The Hall–Kier alpha value is -1.82. The highest BCUT2D eigenvalue weighted by Crippen LogP contribution is 2.22. The fourth-order valence-electron chi connectivity index (χ4n) is 2.40. The average molecular weight is 279 g/mol. The third-order valence-electron chi connectivity index (χ3n) is 3.49. The molecule has 1 atom stereocenters. The summed E-state index contributed by atoms with van der Waals surface area (Å²) in [6.07, 6.45) is 2.30. The Labute approximate surface area is 115 Å². The molecule has 2 aromatic rings. The summed E-state index contributed by atoms with van der Waals surface area (Å²) in [7, 11) is 0. The number of benzene rings is 1. The maximum absolute atomic E-state index is 13.6. The molecule has 4 nitrogen and oxygen atoms in total. The van der Waals surface area contributed by atoms with E-state index < -0.39 is 11.6 Å². The lowest BCUT2D eigenvalue weighted by atomic mass is 10.00. The lowest BCUT2D eigenvalue weighted by Gasteiger charge is -2.18. The molecule has 1 N–H and O–H groups in total. The second kappa shape index (κ2) is 5.66. The fourth-order valence-corrected chi connectivity index (χ4v) is 2.40. The summed E-state index contributed by atoms with van der Waals surface area (Å²) in [5.74, 6) is 0.0675. The molecule has 0 spiro atoms. The predicted molar refractivity (Wildman–Crippen MR) is 68.3 cm³/mol. The van der Waals surface area contributed by atoms with Gasteiger partial charge in [-0.1, -0.05) is 11.2 Å². The minimum Gasteiger partial charge on any atom is -0.339 e. The minimum absolute atomic E-state index is 0.204. The van der Waals surface area contributed by atoms with E-state index >= 15 is 0 Å². The fraction of sp³-hybridized carbons (Fsp3) is 0.429. The van der Waals surface area contributed by atoms with Crippen LogP contribution in [0.1, 0.15) is 36.0 Å². The van der Waals surface area contributed by atoms with E-state index in [2.05, 4.69) is 15.5 Å². The van der Waals surface area contributed by atoms with Crippen molar-refractivity contribution in [2.45, 2.75) is 25.2 Å². The van der Waals surface area contributed by atoms with E-state index in [9.17, 15) is 8.78 Å². The van der Waals surface area contributed by atoms with Crippen molar-refractivity contribution in [3.8, 4) is 0 Å². The number of aromatic nitrogens is 2. The van der Waals surface area contributed by atoms with E-state index in [1.54, 1.807) is 0 Å². The Morgan fingerprint density at radius 2 is 2.25 bits per heavy atom. The molecule has 20 heavy (non-hydrogen) atoms. The summed E-state index contributed by atoms with van der Waals surface area (Å²) < 4.78 is 31.6. The van der Waals surface area contributed by atoms with Crippen LogP contribution < -0.4 is 5.32 Å². The Morgan fingerprint density at radius 3 is 3.00 bits per heavy atom. The molecule has 1 aliphatic heterocycles. The van der Waals surface area contributed by atoms with Crippen LogP contribution in [-0.2, 0) is 6.42 Å². The van der Waals surface area contributed by atoms with Gasteiger partial charge in [0, 0.05) is 19.0 Å². The standard InChI is InChI=1S/C14H15F2N3O/c15-11-4-3-9(12(16)7-11)6-13-18-14(20-19-13)10-2-1-5-17-8-10/h3-4,7,10,17H,1-2,5-6,8H2/t10-/m0/s1. The summed E-state index contributed by atoms with van der Waals surface area (Å²) in [5, 5.41) is 7.15. The van der Waals surface area contributed by atoms with Crippen molar-refractivity contribution in [2.24, 2.45) is 0 Å². The van der Waals surface area contributed by atoms with E-state index in [0.29, 0.717) is 17.3 Å². The van der Waals surface area contributed by atoms with Gasteiger partial charge in [0.15, 0.2) is 5.82 Å². The molecule has 0 unspecified atom stereocenters. The smallest absolute Gasteiger partial charge is 0.231 e. The second-order valence-corrected chi connectivity index (χ2v) is 5.00. The van der Waals surface area contributed by atoms with Gasteiger partial charge >= 0.3 is 0 Å². The van der Waals surface area contributed by atoms with Crippen LogP contribution >= 0.6 is 0 Å². The van der Waals surface area contributed by atoms with E-state index in [1.807, 2.05) is 0 Å². The Morgan fingerprint density at radius 1 is 1.35 bits per heavy atom. The molecule has 1 aliphatic rings. The second-order valence-electron chi connectivity index (χ2n) is 5.00. The van der Waals surface area contributed by atoms with Crippen LogP contribution in [0, 0.1) is 11.6 Å². The Bertz CT molecular complexity index is 594. The first-order valence-electron chi connectivity index (χ1n) is 6.69. The third kappa shape index (κ3) is 2.85. The Balaban J connectivity index is 1.73. The van der Waals surface area contributed by atoms with Gasteiger partial charge in [-0.15, -0.1) is 0 Å². The summed E-state index contributed by atoms with van der Waals surface area (Å²) >= 11 is 0. The summed E-state index contributed by atoms with van der Waals surface area (Å²) in [5.41, 5.74) is 0.362. The predicted octanol–water partition coefficient (Wildman–Crippen LogP) is 2.41. The molecule has 106 valence electrons. The van der Waals surface area contributed by atoms with Crippen molar-refractivity contribution in [1.82, 2.24) is 15.5 Å². The van der Waals surface area contributed by atoms with Crippen molar-refractivity contribution >= 4 is 0 Å². The number of halogens is 2. The van der Waals surface area contributed by atoms with Crippen molar-refractivity contribution in [3.05, 3.63) is 47.1 Å². The first-order chi connectivity index (χ1) is 9.72. The molecule has 0 aliphatic carbocycles. The topological polar surface area (TPSA) is 51.0 Å². The first kappa shape index (κ1) is 13.2. The average Bonchev–Trinajstić information content (AvgIpc) is 2.92. The number of hydrogen-bond acceptors (Lipinski definition) is 4. The molecule has 1 aromatic carbocycles. The summed E-state index contributed by atoms with van der Waals surface area (Å²) in [6.45, 7) is 1.84. The van der Waals surface area contributed by atoms with Gasteiger partial charge in [-0.2, -0.15) is 4.98 Å². The molecule has 1 fully saturated rings. The first-order valence-corrected chi connectivity index (χ1v) is 6.69. The quantitative estimate of drug-likeness (QED) is 0.937. The molecule has 3 rings (SSSR count). The molecule has 0 saturated carbocycles. The largest absolute Gasteiger partial charge is 0.339 e. The van der Waals surface area contributed by atoms with Crippen molar-refractivity contribution in [1.29, 1.82) is 0 Å². The van der Waals surface area contributed by atoms with E-state index in [-0.39, 0.29) is 12.3 Å². The van der Waals surface area contributed by atoms with Gasteiger partial charge in [-0.3, -0.25) is 0 Å². The number of nitrogens with one attached hydrogen (secondary N) is 1. The third-order valence-corrected chi connectivity index (χ3v) is 3.49. The SMILES string of the molecule is Fc1ccc(Cc2noc([C@H]3CCCNC3)n2)c(F)c1. The van der Waals surface area contributed by atoms with Gasteiger partial charge in [0.25, 0.3) is 0 Å². The summed E-state index contributed by atoms with van der Waals surface area (Å²) in [6, 6.07) is 3.49. The lowest BCUT2D eigenvalue weighted by molar-refractivity contribution is 0.320. The van der Waals surface area contributed by atoms with Gasteiger partial charge in [0.05, 0.1) is 5.92 Å².